The van der Waals surface area contributed by atoms with Gasteiger partial charge in [-0.3, -0.25) is 19.7 Å². The van der Waals surface area contributed by atoms with E-state index in [4.69, 9.17) is 15.2 Å². The summed E-state index contributed by atoms with van der Waals surface area (Å²) in [5.41, 5.74) is 6.89. The normalized spacial score (nSPS) is 10.7. The Bertz CT molecular complexity index is 1500. The lowest BCUT2D eigenvalue weighted by Crippen LogP contribution is -2.15. The molecule has 0 saturated heterocycles. The molecule has 0 saturated carbocycles. The summed E-state index contributed by atoms with van der Waals surface area (Å²) in [7, 11) is 0. The van der Waals surface area contributed by atoms with Crippen LogP contribution in [0.3, 0.4) is 0 Å². The van der Waals surface area contributed by atoms with Gasteiger partial charge < -0.3 is 20.5 Å². The number of amides is 2. The topological polar surface area (TPSA) is 134 Å². The Hall–Kier alpha value is -4.92. The zero-order valence-corrected chi connectivity index (χ0v) is 20.8. The third-order valence-electron chi connectivity index (χ3n) is 5.86. The number of primary amides is 1. The molecule has 3 N–H and O–H groups in total. The molecule has 38 heavy (non-hydrogen) atoms. The van der Waals surface area contributed by atoms with Gasteiger partial charge in [-0.05, 0) is 47.0 Å². The first-order chi connectivity index (χ1) is 18.4. The largest absolute Gasteiger partial charge is 0.491 e. The maximum Gasteiger partial charge on any atom is 0.310 e. The maximum absolute atomic E-state index is 13.0. The number of rotatable bonds is 11. The molecule has 0 bridgehead atoms. The number of ether oxygens (including phenoxy) is 2. The van der Waals surface area contributed by atoms with Gasteiger partial charge in [-0.1, -0.05) is 49.4 Å². The molecule has 0 radical (unpaired) electrons. The zero-order chi connectivity index (χ0) is 27.1. The maximum atomic E-state index is 13.0. The fraction of sp³-hybridized carbons (Fsp3) is 0.172. The van der Waals surface area contributed by atoms with Crippen LogP contribution < -0.4 is 20.5 Å². The molecule has 0 spiro atoms. The lowest BCUT2D eigenvalue weighted by Gasteiger charge is -2.14. The second kappa shape index (κ2) is 11.9. The van der Waals surface area contributed by atoms with E-state index in [0.717, 1.165) is 22.8 Å². The molecule has 9 heteroatoms. The van der Waals surface area contributed by atoms with Crippen LogP contribution in [0.4, 0.5) is 11.4 Å². The Morgan fingerprint density at radius 2 is 1.58 bits per heavy atom. The Labute approximate surface area is 219 Å². The summed E-state index contributed by atoms with van der Waals surface area (Å²) < 4.78 is 11.5. The molecular weight excluding hydrogens is 486 g/mol. The second-order valence-corrected chi connectivity index (χ2v) is 8.60. The smallest absolute Gasteiger partial charge is 0.310 e. The molecule has 194 valence electrons. The van der Waals surface area contributed by atoms with Crippen molar-refractivity contribution in [1.29, 1.82) is 0 Å². The predicted molar refractivity (Wildman–Crippen MR) is 145 cm³/mol. The van der Waals surface area contributed by atoms with Gasteiger partial charge in [-0.25, -0.2) is 0 Å². The molecule has 0 aliphatic heterocycles. The number of nitrogens with two attached hydrogens (primary N) is 1. The van der Waals surface area contributed by atoms with Crippen molar-refractivity contribution in [2.75, 3.05) is 18.5 Å². The van der Waals surface area contributed by atoms with E-state index in [1.54, 1.807) is 0 Å². The highest BCUT2D eigenvalue weighted by Crippen LogP contribution is 2.30. The third kappa shape index (κ3) is 6.25. The number of nitrogens with one attached hydrogen (secondary N) is 1. The number of benzene rings is 4. The fourth-order valence-corrected chi connectivity index (χ4v) is 3.90. The highest BCUT2D eigenvalue weighted by Gasteiger charge is 2.20. The fourth-order valence-electron chi connectivity index (χ4n) is 3.90. The molecule has 0 atom stereocenters. The van der Waals surface area contributed by atoms with Crippen molar-refractivity contribution in [1.82, 2.24) is 0 Å². The first kappa shape index (κ1) is 26.2. The minimum atomic E-state index is -0.620. The van der Waals surface area contributed by atoms with Crippen LogP contribution in [-0.2, 0) is 6.42 Å². The molecule has 4 aromatic rings. The summed E-state index contributed by atoms with van der Waals surface area (Å²) in [6.45, 7) is 2.49. The monoisotopic (exact) mass is 513 g/mol. The van der Waals surface area contributed by atoms with Gasteiger partial charge in [0.2, 0.25) is 5.91 Å². The number of nitro benzene ring substituents is 1. The Morgan fingerprint density at radius 3 is 2.32 bits per heavy atom. The van der Waals surface area contributed by atoms with Crippen LogP contribution in [0.5, 0.6) is 11.5 Å². The van der Waals surface area contributed by atoms with Crippen LogP contribution in [0.2, 0.25) is 0 Å². The van der Waals surface area contributed by atoms with E-state index in [1.165, 1.54) is 36.4 Å². The molecule has 4 aromatic carbocycles. The zero-order valence-electron chi connectivity index (χ0n) is 20.8. The van der Waals surface area contributed by atoms with Gasteiger partial charge in [0, 0.05) is 29.7 Å². The first-order valence-electron chi connectivity index (χ1n) is 12.1. The average Bonchev–Trinajstić information content (AvgIpc) is 2.92. The van der Waals surface area contributed by atoms with Gasteiger partial charge in [-0.15, -0.1) is 0 Å². The van der Waals surface area contributed by atoms with Crippen molar-refractivity contribution < 1.29 is 24.0 Å². The number of carbonyl (C=O) groups is 2. The average molecular weight is 514 g/mol. The highest BCUT2D eigenvalue weighted by atomic mass is 16.6. The molecule has 2 amide bonds. The van der Waals surface area contributed by atoms with Gasteiger partial charge in [0.15, 0.2) is 5.75 Å². The number of carbonyl (C=O) groups excluding carboxylic acids is 2. The summed E-state index contributed by atoms with van der Waals surface area (Å²) in [6, 6.07) is 22.5. The van der Waals surface area contributed by atoms with Gasteiger partial charge in [0.25, 0.3) is 5.91 Å². The standard InChI is InChI=1S/C29H27N3O6/c1-2-14-37-26-17-22(28(30)33)9-11-24(26)31-29(34)23-10-12-25(32(35)36)27(18-23)38-15-13-19-7-8-20-5-3-4-6-21(20)16-19/h3-12,16-18H,2,13-15H2,1H3,(H2,30,33)(H,31,34). The molecule has 0 aromatic heterocycles. The van der Waals surface area contributed by atoms with Crippen LogP contribution in [0.15, 0.2) is 78.9 Å². The van der Waals surface area contributed by atoms with Crippen LogP contribution >= 0.6 is 0 Å². The summed E-state index contributed by atoms with van der Waals surface area (Å²) in [6.07, 6.45) is 1.25. The van der Waals surface area contributed by atoms with Gasteiger partial charge >= 0.3 is 5.69 Å². The lowest BCUT2D eigenvalue weighted by atomic mass is 10.1. The summed E-state index contributed by atoms with van der Waals surface area (Å²) in [5, 5.41) is 16.5. The summed E-state index contributed by atoms with van der Waals surface area (Å²) in [4.78, 5) is 35.6. The van der Waals surface area contributed by atoms with E-state index in [1.807, 2.05) is 43.3 Å². The third-order valence-corrected chi connectivity index (χ3v) is 5.86. The number of nitrogens with zero attached hydrogens (tertiary/aromatic N) is 1. The van der Waals surface area contributed by atoms with Crippen LogP contribution in [0.25, 0.3) is 10.8 Å². The molecular formula is C29H27N3O6. The van der Waals surface area contributed by atoms with Crippen molar-refractivity contribution in [2.24, 2.45) is 5.73 Å². The van der Waals surface area contributed by atoms with E-state index in [2.05, 4.69) is 11.4 Å². The number of fused-ring (bicyclic) bond motifs is 1. The molecule has 0 unspecified atom stereocenters. The van der Waals surface area contributed by atoms with E-state index >= 15 is 0 Å². The van der Waals surface area contributed by atoms with Crippen LogP contribution in [-0.4, -0.2) is 30.0 Å². The summed E-state index contributed by atoms with van der Waals surface area (Å²) >= 11 is 0. The number of nitro groups is 1. The minimum absolute atomic E-state index is 0.00466. The van der Waals surface area contributed by atoms with E-state index in [9.17, 15) is 19.7 Å². The molecule has 0 aliphatic rings. The Morgan fingerprint density at radius 1 is 0.868 bits per heavy atom. The quantitative estimate of drug-likeness (QED) is 0.201. The van der Waals surface area contributed by atoms with Crippen LogP contribution in [0.1, 0.15) is 39.6 Å². The first-order valence-corrected chi connectivity index (χ1v) is 12.1. The van der Waals surface area contributed by atoms with E-state index < -0.39 is 16.7 Å². The lowest BCUT2D eigenvalue weighted by molar-refractivity contribution is -0.385. The minimum Gasteiger partial charge on any atom is -0.491 e. The van der Waals surface area contributed by atoms with Crippen molar-refractivity contribution in [3.05, 3.63) is 106 Å². The van der Waals surface area contributed by atoms with Crippen LogP contribution in [0, 0.1) is 10.1 Å². The predicted octanol–water partition coefficient (Wildman–Crippen LogP) is 5.51. The molecule has 0 heterocycles. The SMILES string of the molecule is CCCOc1cc(C(N)=O)ccc1NC(=O)c1ccc([N+](=O)[O-])c(OCCc2ccc3ccccc3c2)c1. The van der Waals surface area contributed by atoms with Crippen molar-refractivity contribution in [3.8, 4) is 11.5 Å². The number of anilines is 1. The number of hydrogen-bond acceptors (Lipinski definition) is 6. The number of hydrogen-bond donors (Lipinski definition) is 2. The molecule has 0 fully saturated rings. The highest BCUT2D eigenvalue weighted by molar-refractivity contribution is 6.06. The van der Waals surface area contributed by atoms with Gasteiger partial charge in [0.1, 0.15) is 5.75 Å². The molecule has 4 rings (SSSR count). The van der Waals surface area contributed by atoms with Crippen molar-refractivity contribution in [2.45, 2.75) is 19.8 Å². The van der Waals surface area contributed by atoms with E-state index in [-0.39, 0.29) is 29.2 Å². The molecule has 0 aliphatic carbocycles. The second-order valence-electron chi connectivity index (χ2n) is 8.60. The Balaban J connectivity index is 1.51. The summed E-state index contributed by atoms with van der Waals surface area (Å²) in [5.74, 6) is -0.849. The van der Waals surface area contributed by atoms with Gasteiger partial charge in [-0.2, -0.15) is 0 Å². The van der Waals surface area contributed by atoms with E-state index in [0.29, 0.717) is 24.5 Å². The van der Waals surface area contributed by atoms with Gasteiger partial charge in [0.05, 0.1) is 23.8 Å². The molecule has 9 nitrogen and oxygen atoms in total. The van der Waals surface area contributed by atoms with Crippen molar-refractivity contribution >= 4 is 34.0 Å². The Kier molecular flexibility index (Phi) is 8.17. The van der Waals surface area contributed by atoms with Crippen molar-refractivity contribution in [3.63, 3.8) is 0 Å².